The van der Waals surface area contributed by atoms with Crippen molar-refractivity contribution in [1.82, 2.24) is 5.32 Å². The van der Waals surface area contributed by atoms with E-state index in [1.165, 1.54) is 6.26 Å². The number of hydrogen-bond acceptors (Lipinski definition) is 4. The van der Waals surface area contributed by atoms with E-state index in [1.54, 1.807) is 43.3 Å². The third-order valence-electron chi connectivity index (χ3n) is 2.95. The van der Waals surface area contributed by atoms with E-state index in [0.29, 0.717) is 23.2 Å². The average Bonchev–Trinajstić information content (AvgIpc) is 3.00. The first-order valence-corrected chi connectivity index (χ1v) is 6.13. The molecule has 20 heavy (non-hydrogen) atoms. The van der Waals surface area contributed by atoms with Gasteiger partial charge < -0.3 is 14.8 Å². The Bertz CT molecular complexity index is 585. The number of nitrogens with one attached hydrogen (secondary N) is 1. The molecule has 0 spiro atoms. The largest absolute Gasteiger partial charge is 0.466 e. The fraction of sp³-hybridized carbons (Fsp3) is 0.200. The molecule has 1 aromatic carbocycles. The molecule has 5 nitrogen and oxygen atoms in total. The number of rotatable bonds is 5. The van der Waals surface area contributed by atoms with E-state index in [4.69, 9.17) is 4.42 Å². The first kappa shape index (κ1) is 14.0. The van der Waals surface area contributed by atoms with E-state index < -0.39 is 5.60 Å². The van der Waals surface area contributed by atoms with E-state index in [1.807, 2.05) is 0 Å². The van der Waals surface area contributed by atoms with Crippen molar-refractivity contribution in [3.05, 3.63) is 59.5 Å². The molecule has 0 aliphatic heterocycles. The molecule has 1 aromatic heterocycles. The smallest absolute Gasteiger partial charge is 0.251 e. The van der Waals surface area contributed by atoms with Crippen LogP contribution in [0.1, 0.15) is 33.4 Å². The monoisotopic (exact) mass is 273 g/mol. The Balaban J connectivity index is 1.99. The fourth-order valence-electron chi connectivity index (χ4n) is 1.74. The number of benzene rings is 1. The lowest BCUT2D eigenvalue weighted by Crippen LogP contribution is -2.38. The Kier molecular flexibility index (Phi) is 4.00. The van der Waals surface area contributed by atoms with Gasteiger partial charge in [0.15, 0.2) is 0 Å². The van der Waals surface area contributed by atoms with Gasteiger partial charge in [-0.1, -0.05) is 12.1 Å². The lowest BCUT2D eigenvalue weighted by Gasteiger charge is -2.21. The molecular weight excluding hydrogens is 258 g/mol. The maximum atomic E-state index is 11.9. The average molecular weight is 273 g/mol. The van der Waals surface area contributed by atoms with Crippen molar-refractivity contribution in [2.75, 3.05) is 6.54 Å². The standard InChI is InChI=1S/C15H15NO4/c1-15(19,13-3-2-8-20-13)10-16-14(18)12-6-4-11(9-17)5-7-12/h2-9,19H,10H2,1H3,(H,16,18). The van der Waals surface area contributed by atoms with Gasteiger partial charge in [0.2, 0.25) is 0 Å². The van der Waals surface area contributed by atoms with Gasteiger partial charge in [-0.25, -0.2) is 0 Å². The second kappa shape index (κ2) is 5.71. The molecule has 5 heteroatoms. The van der Waals surface area contributed by atoms with Gasteiger partial charge in [-0.3, -0.25) is 9.59 Å². The summed E-state index contributed by atoms with van der Waals surface area (Å²) >= 11 is 0. The van der Waals surface area contributed by atoms with E-state index >= 15 is 0 Å². The van der Waals surface area contributed by atoms with Crippen LogP contribution in [0.2, 0.25) is 0 Å². The van der Waals surface area contributed by atoms with Gasteiger partial charge in [0, 0.05) is 11.1 Å². The summed E-state index contributed by atoms with van der Waals surface area (Å²) in [6.45, 7) is 1.58. The minimum atomic E-state index is -1.28. The predicted octanol–water partition coefficient (Wildman–Crippen LogP) is 1.73. The maximum Gasteiger partial charge on any atom is 0.251 e. The molecule has 0 aliphatic carbocycles. The van der Waals surface area contributed by atoms with Gasteiger partial charge in [0.1, 0.15) is 17.6 Å². The third kappa shape index (κ3) is 3.13. The lowest BCUT2D eigenvalue weighted by atomic mass is 10.0. The number of amides is 1. The van der Waals surface area contributed by atoms with Gasteiger partial charge in [-0.2, -0.15) is 0 Å². The summed E-state index contributed by atoms with van der Waals surface area (Å²) in [5.41, 5.74) is -0.350. The van der Waals surface area contributed by atoms with Gasteiger partial charge >= 0.3 is 0 Å². The molecule has 0 saturated heterocycles. The first-order chi connectivity index (χ1) is 9.53. The summed E-state index contributed by atoms with van der Waals surface area (Å²) in [7, 11) is 0. The number of aldehydes is 1. The van der Waals surface area contributed by atoms with Crippen LogP contribution in [0.4, 0.5) is 0 Å². The van der Waals surface area contributed by atoms with Crippen LogP contribution in [0.3, 0.4) is 0 Å². The number of hydrogen-bond donors (Lipinski definition) is 2. The zero-order valence-corrected chi connectivity index (χ0v) is 11.0. The molecule has 0 fully saturated rings. The molecule has 1 amide bonds. The van der Waals surface area contributed by atoms with Crippen LogP contribution < -0.4 is 5.32 Å². The molecule has 1 atom stereocenters. The summed E-state index contributed by atoms with van der Waals surface area (Å²) in [6.07, 6.45) is 2.17. The molecule has 0 saturated carbocycles. The maximum absolute atomic E-state index is 11.9. The SMILES string of the molecule is CC(O)(CNC(=O)c1ccc(C=O)cc1)c1ccco1. The molecule has 104 valence electrons. The molecule has 0 radical (unpaired) electrons. The summed E-state index contributed by atoms with van der Waals surface area (Å²) < 4.78 is 5.13. The summed E-state index contributed by atoms with van der Waals surface area (Å²) in [6, 6.07) is 9.55. The lowest BCUT2D eigenvalue weighted by molar-refractivity contribution is 0.0330. The Labute approximate surface area is 116 Å². The topological polar surface area (TPSA) is 79.5 Å². The van der Waals surface area contributed by atoms with Crippen molar-refractivity contribution in [2.45, 2.75) is 12.5 Å². The van der Waals surface area contributed by atoms with Gasteiger partial charge in [-0.15, -0.1) is 0 Å². The van der Waals surface area contributed by atoms with E-state index in [-0.39, 0.29) is 12.5 Å². The Morgan fingerprint density at radius 2 is 2.05 bits per heavy atom. The Hall–Kier alpha value is -2.40. The quantitative estimate of drug-likeness (QED) is 0.813. The minimum Gasteiger partial charge on any atom is -0.466 e. The van der Waals surface area contributed by atoms with Crippen LogP contribution in [-0.2, 0) is 5.60 Å². The second-order valence-corrected chi connectivity index (χ2v) is 4.67. The molecule has 0 bridgehead atoms. The van der Waals surface area contributed by atoms with Gasteiger partial charge in [0.25, 0.3) is 5.91 Å². The van der Waals surface area contributed by atoms with Crippen LogP contribution in [-0.4, -0.2) is 23.8 Å². The van der Waals surface area contributed by atoms with Crippen LogP contribution in [0, 0.1) is 0 Å². The van der Waals surface area contributed by atoms with Gasteiger partial charge in [0.05, 0.1) is 12.8 Å². The normalized spacial score (nSPS) is 13.5. The molecule has 0 aliphatic rings. The van der Waals surface area contributed by atoms with Crippen LogP contribution >= 0.6 is 0 Å². The number of furan rings is 1. The Morgan fingerprint density at radius 1 is 1.35 bits per heavy atom. The van der Waals surface area contributed by atoms with Crippen molar-refractivity contribution in [2.24, 2.45) is 0 Å². The van der Waals surface area contributed by atoms with E-state index in [9.17, 15) is 14.7 Å². The molecule has 2 rings (SSSR count). The van der Waals surface area contributed by atoms with Gasteiger partial charge in [-0.05, 0) is 31.2 Å². The van der Waals surface area contributed by atoms with Crippen molar-refractivity contribution in [1.29, 1.82) is 0 Å². The number of aliphatic hydroxyl groups is 1. The molecule has 2 N–H and O–H groups in total. The summed E-state index contributed by atoms with van der Waals surface area (Å²) in [5, 5.41) is 12.8. The third-order valence-corrected chi connectivity index (χ3v) is 2.95. The zero-order valence-electron chi connectivity index (χ0n) is 11.0. The highest BCUT2D eigenvalue weighted by Gasteiger charge is 2.26. The second-order valence-electron chi connectivity index (χ2n) is 4.67. The molecule has 2 aromatic rings. The summed E-state index contributed by atoms with van der Waals surface area (Å²) in [5.74, 6) is 0.0587. The molecule has 1 unspecified atom stereocenters. The Morgan fingerprint density at radius 3 is 2.60 bits per heavy atom. The van der Waals surface area contributed by atoms with Crippen molar-refractivity contribution in [3.63, 3.8) is 0 Å². The molecule has 1 heterocycles. The van der Waals surface area contributed by atoms with Crippen molar-refractivity contribution in [3.8, 4) is 0 Å². The van der Waals surface area contributed by atoms with E-state index in [2.05, 4.69) is 5.32 Å². The predicted molar refractivity (Wildman–Crippen MR) is 72.4 cm³/mol. The zero-order chi connectivity index (χ0) is 14.6. The first-order valence-electron chi connectivity index (χ1n) is 6.13. The van der Waals surface area contributed by atoms with Crippen LogP contribution in [0.15, 0.2) is 47.1 Å². The van der Waals surface area contributed by atoms with Crippen molar-refractivity contribution < 1.29 is 19.1 Å². The fourth-order valence-corrected chi connectivity index (χ4v) is 1.74. The van der Waals surface area contributed by atoms with Crippen LogP contribution in [0.5, 0.6) is 0 Å². The van der Waals surface area contributed by atoms with Crippen LogP contribution in [0.25, 0.3) is 0 Å². The minimum absolute atomic E-state index is 0.0226. The number of carbonyl (C=O) groups excluding carboxylic acids is 2. The van der Waals surface area contributed by atoms with Crippen molar-refractivity contribution >= 4 is 12.2 Å². The molecular formula is C15H15NO4. The summed E-state index contributed by atoms with van der Waals surface area (Å²) in [4.78, 5) is 22.5. The highest BCUT2D eigenvalue weighted by molar-refractivity contribution is 5.94. The number of carbonyl (C=O) groups is 2. The highest BCUT2D eigenvalue weighted by Crippen LogP contribution is 2.19. The highest BCUT2D eigenvalue weighted by atomic mass is 16.4. The van der Waals surface area contributed by atoms with E-state index in [0.717, 1.165) is 0 Å².